The first kappa shape index (κ1) is 15.1. The highest BCUT2D eigenvalue weighted by molar-refractivity contribution is 5.79. The summed E-state index contributed by atoms with van der Waals surface area (Å²) >= 11 is 0. The molecule has 1 N–H and O–H groups in total. The van der Waals surface area contributed by atoms with Gasteiger partial charge in [0.05, 0.1) is 20.8 Å². The maximum absolute atomic E-state index is 11.5. The molecule has 0 saturated heterocycles. The number of rotatable bonds is 7. The fourth-order valence-electron chi connectivity index (χ4n) is 1.71. The second-order valence-electron chi connectivity index (χ2n) is 3.93. The van der Waals surface area contributed by atoms with Gasteiger partial charge in [-0.15, -0.1) is 0 Å². The van der Waals surface area contributed by atoms with E-state index in [1.54, 1.807) is 13.2 Å². The fourth-order valence-corrected chi connectivity index (χ4v) is 1.71. The van der Waals surface area contributed by atoms with Gasteiger partial charge in [0.1, 0.15) is 6.04 Å². The van der Waals surface area contributed by atoms with Crippen molar-refractivity contribution in [3.8, 4) is 11.5 Å². The van der Waals surface area contributed by atoms with Crippen LogP contribution in [0.25, 0.3) is 0 Å². The van der Waals surface area contributed by atoms with E-state index in [0.29, 0.717) is 24.5 Å². The van der Waals surface area contributed by atoms with E-state index in [1.165, 1.54) is 7.11 Å². The Morgan fingerprint density at radius 2 is 2.00 bits per heavy atom. The molecule has 0 radical (unpaired) electrons. The van der Waals surface area contributed by atoms with Gasteiger partial charge in [-0.3, -0.25) is 0 Å². The molecule has 0 fully saturated rings. The van der Waals surface area contributed by atoms with Gasteiger partial charge >= 0.3 is 5.97 Å². The number of methoxy groups -OCH3 is 2. The van der Waals surface area contributed by atoms with Gasteiger partial charge in [-0.05, 0) is 25.5 Å². The van der Waals surface area contributed by atoms with Gasteiger partial charge in [-0.2, -0.15) is 0 Å². The Morgan fingerprint density at radius 1 is 1.26 bits per heavy atom. The van der Waals surface area contributed by atoms with Crippen LogP contribution in [0.1, 0.15) is 20.3 Å². The van der Waals surface area contributed by atoms with Crippen LogP contribution >= 0.6 is 0 Å². The molecule has 1 unspecified atom stereocenters. The minimum Gasteiger partial charge on any atom is -0.493 e. The first-order valence-corrected chi connectivity index (χ1v) is 6.31. The second-order valence-corrected chi connectivity index (χ2v) is 3.93. The van der Waals surface area contributed by atoms with Crippen LogP contribution in [-0.2, 0) is 9.53 Å². The molecule has 1 aromatic carbocycles. The Balaban J connectivity index is 2.88. The molecule has 0 aliphatic carbocycles. The van der Waals surface area contributed by atoms with Gasteiger partial charge < -0.3 is 19.5 Å². The van der Waals surface area contributed by atoms with Crippen LogP contribution in [0, 0.1) is 0 Å². The summed E-state index contributed by atoms with van der Waals surface area (Å²) in [7, 11) is 2.97. The summed E-state index contributed by atoms with van der Waals surface area (Å²) in [5, 5.41) is 3.12. The summed E-state index contributed by atoms with van der Waals surface area (Å²) in [5.74, 6) is 1.03. The molecule has 1 atom stereocenters. The van der Waals surface area contributed by atoms with E-state index in [0.717, 1.165) is 5.69 Å². The van der Waals surface area contributed by atoms with Crippen molar-refractivity contribution in [1.82, 2.24) is 0 Å². The zero-order valence-electron chi connectivity index (χ0n) is 11.9. The topological polar surface area (TPSA) is 56.8 Å². The maximum atomic E-state index is 11.5. The number of esters is 1. The molecule has 0 aromatic heterocycles. The first-order valence-electron chi connectivity index (χ1n) is 6.31. The summed E-state index contributed by atoms with van der Waals surface area (Å²) in [6.07, 6.45) is 0.642. The normalized spacial score (nSPS) is 11.6. The van der Waals surface area contributed by atoms with E-state index in [-0.39, 0.29) is 12.0 Å². The third kappa shape index (κ3) is 4.05. The minimum atomic E-state index is -0.368. The molecule has 1 rings (SSSR count). The number of nitrogens with one attached hydrogen (secondary N) is 1. The van der Waals surface area contributed by atoms with Crippen molar-refractivity contribution in [3.63, 3.8) is 0 Å². The monoisotopic (exact) mass is 267 g/mol. The molecule has 106 valence electrons. The molecule has 0 aliphatic rings. The van der Waals surface area contributed by atoms with Crippen LogP contribution < -0.4 is 14.8 Å². The number of anilines is 1. The molecule has 5 heteroatoms. The predicted molar refractivity (Wildman–Crippen MR) is 73.9 cm³/mol. The van der Waals surface area contributed by atoms with Crippen LogP contribution in [0.3, 0.4) is 0 Å². The Morgan fingerprint density at radius 3 is 2.53 bits per heavy atom. The average Bonchev–Trinajstić information content (AvgIpc) is 2.44. The lowest BCUT2D eigenvalue weighted by Gasteiger charge is -2.17. The summed E-state index contributed by atoms with van der Waals surface area (Å²) in [5.41, 5.74) is 0.793. The van der Waals surface area contributed by atoms with Crippen LogP contribution in [0.4, 0.5) is 5.69 Å². The van der Waals surface area contributed by atoms with E-state index < -0.39 is 0 Å². The van der Waals surface area contributed by atoms with Crippen molar-refractivity contribution >= 4 is 11.7 Å². The maximum Gasteiger partial charge on any atom is 0.328 e. The molecule has 0 amide bonds. The molecule has 1 aromatic rings. The number of carbonyl (C=O) groups is 1. The van der Waals surface area contributed by atoms with Crippen molar-refractivity contribution < 1.29 is 19.0 Å². The molecule has 0 heterocycles. The van der Waals surface area contributed by atoms with Crippen molar-refractivity contribution in [3.05, 3.63) is 18.2 Å². The average molecular weight is 267 g/mol. The summed E-state index contributed by atoms with van der Waals surface area (Å²) in [6.45, 7) is 4.37. The van der Waals surface area contributed by atoms with Gasteiger partial charge in [0.25, 0.3) is 0 Å². The smallest absolute Gasteiger partial charge is 0.328 e. The zero-order chi connectivity index (χ0) is 14.3. The SMILES string of the molecule is CCOc1cc(NC(CC)C(=O)OC)ccc1OC. The van der Waals surface area contributed by atoms with E-state index in [9.17, 15) is 4.79 Å². The molecule has 5 nitrogen and oxygen atoms in total. The Hall–Kier alpha value is -1.91. The number of carbonyl (C=O) groups excluding carboxylic acids is 1. The lowest BCUT2D eigenvalue weighted by atomic mass is 10.2. The molecule has 0 bridgehead atoms. The van der Waals surface area contributed by atoms with Gasteiger partial charge in [-0.1, -0.05) is 6.92 Å². The molecule has 0 spiro atoms. The van der Waals surface area contributed by atoms with Gasteiger partial charge in [-0.25, -0.2) is 4.79 Å². The Labute approximate surface area is 113 Å². The lowest BCUT2D eigenvalue weighted by molar-refractivity contribution is -0.141. The highest BCUT2D eigenvalue weighted by Crippen LogP contribution is 2.30. The van der Waals surface area contributed by atoms with Crippen molar-refractivity contribution in [2.75, 3.05) is 26.1 Å². The molecular formula is C14H21NO4. The van der Waals surface area contributed by atoms with Crippen molar-refractivity contribution in [1.29, 1.82) is 0 Å². The zero-order valence-corrected chi connectivity index (χ0v) is 11.9. The van der Waals surface area contributed by atoms with Crippen molar-refractivity contribution in [2.45, 2.75) is 26.3 Å². The first-order chi connectivity index (χ1) is 9.15. The predicted octanol–water partition coefficient (Wildman–Crippen LogP) is 2.46. The standard InChI is InChI=1S/C14H21NO4/c1-5-11(14(16)18-4)15-10-7-8-12(17-3)13(9-10)19-6-2/h7-9,11,15H,5-6H2,1-4H3. The Bertz CT molecular complexity index is 420. The minimum absolute atomic E-state index is 0.281. The third-order valence-corrected chi connectivity index (χ3v) is 2.70. The van der Waals surface area contributed by atoms with E-state index in [2.05, 4.69) is 5.32 Å². The van der Waals surface area contributed by atoms with Gasteiger partial charge in [0.2, 0.25) is 0 Å². The quantitative estimate of drug-likeness (QED) is 0.769. The second kappa shape index (κ2) is 7.51. The van der Waals surface area contributed by atoms with Crippen LogP contribution in [0.5, 0.6) is 11.5 Å². The summed E-state index contributed by atoms with van der Waals surface area (Å²) < 4.78 is 15.4. The Kier molecular flexibility index (Phi) is 5.99. The number of benzene rings is 1. The van der Waals surface area contributed by atoms with Crippen LogP contribution in [0.15, 0.2) is 18.2 Å². The summed E-state index contributed by atoms with van der Waals surface area (Å²) in [4.78, 5) is 11.5. The molecule has 0 saturated carbocycles. The third-order valence-electron chi connectivity index (χ3n) is 2.70. The summed E-state index contributed by atoms with van der Waals surface area (Å²) in [6, 6.07) is 5.09. The van der Waals surface area contributed by atoms with Crippen molar-refractivity contribution in [2.24, 2.45) is 0 Å². The van der Waals surface area contributed by atoms with E-state index in [1.807, 2.05) is 26.0 Å². The highest BCUT2D eigenvalue weighted by Gasteiger charge is 2.17. The largest absolute Gasteiger partial charge is 0.493 e. The molecule has 19 heavy (non-hydrogen) atoms. The number of ether oxygens (including phenoxy) is 3. The molecular weight excluding hydrogens is 246 g/mol. The van der Waals surface area contributed by atoms with Gasteiger partial charge in [0.15, 0.2) is 11.5 Å². The fraction of sp³-hybridized carbons (Fsp3) is 0.500. The highest BCUT2D eigenvalue weighted by atomic mass is 16.5. The van der Waals surface area contributed by atoms with Crippen LogP contribution in [0.2, 0.25) is 0 Å². The van der Waals surface area contributed by atoms with E-state index >= 15 is 0 Å². The van der Waals surface area contributed by atoms with Gasteiger partial charge in [0, 0.05) is 11.8 Å². The lowest BCUT2D eigenvalue weighted by Crippen LogP contribution is -2.29. The molecule has 0 aliphatic heterocycles. The van der Waals surface area contributed by atoms with Crippen LogP contribution in [-0.4, -0.2) is 32.8 Å². The number of hydrogen-bond acceptors (Lipinski definition) is 5. The van der Waals surface area contributed by atoms with E-state index in [4.69, 9.17) is 14.2 Å². The number of hydrogen-bond donors (Lipinski definition) is 1.